The molecule has 5 nitrogen and oxygen atoms in total. The molecule has 0 radical (unpaired) electrons. The molecule has 2 heterocycles. The van der Waals surface area contributed by atoms with Gasteiger partial charge in [-0.25, -0.2) is 0 Å². The molecule has 0 saturated carbocycles. The third kappa shape index (κ3) is 2.58. The normalized spacial score (nSPS) is 21.9. The number of likely N-dealkylation sites (tertiary alicyclic amines) is 1. The number of hydrogen-bond donors (Lipinski definition) is 1. The van der Waals surface area contributed by atoms with Crippen LogP contribution in [0.4, 0.5) is 0 Å². The number of carbonyl (C=O) groups excluding carboxylic acids is 1. The Hall–Kier alpha value is -1.98. The van der Waals surface area contributed by atoms with Gasteiger partial charge in [-0.2, -0.15) is 0 Å². The second-order valence-corrected chi connectivity index (χ2v) is 5.90. The van der Waals surface area contributed by atoms with E-state index in [-0.39, 0.29) is 5.91 Å². The predicted octanol–water partition coefficient (Wildman–Crippen LogP) is 2.11. The third-order valence-corrected chi connectivity index (χ3v) is 4.44. The second kappa shape index (κ2) is 6.02. The fourth-order valence-corrected chi connectivity index (χ4v) is 3.23. The summed E-state index contributed by atoms with van der Waals surface area (Å²) in [7, 11) is 0. The molecule has 1 amide bonds. The molecule has 1 aromatic carbocycles. The minimum Gasteiger partial charge on any atom is -0.368 e. The maximum atomic E-state index is 12.3. The molecule has 0 bridgehead atoms. The van der Waals surface area contributed by atoms with Gasteiger partial charge in [0.2, 0.25) is 5.91 Å². The van der Waals surface area contributed by atoms with Crippen LogP contribution in [0.3, 0.4) is 0 Å². The topological polar surface area (TPSA) is 72.1 Å². The lowest BCUT2D eigenvalue weighted by atomic mass is 9.91. The average molecular weight is 317 g/mol. The SMILES string of the molecule is NC(=O)[C@@]1(c2cnccn2)CCCN1Cc1ccc(Cl)cc1. The molecular formula is C16H17ClN4O. The first-order valence-corrected chi connectivity index (χ1v) is 7.56. The number of rotatable bonds is 4. The third-order valence-electron chi connectivity index (χ3n) is 4.19. The molecule has 2 aromatic rings. The number of hydrogen-bond acceptors (Lipinski definition) is 4. The number of halogens is 1. The quantitative estimate of drug-likeness (QED) is 0.937. The van der Waals surface area contributed by atoms with E-state index in [9.17, 15) is 4.79 Å². The minimum atomic E-state index is -0.881. The number of carbonyl (C=O) groups is 1. The van der Waals surface area contributed by atoms with Crippen molar-refractivity contribution in [1.29, 1.82) is 0 Å². The number of benzene rings is 1. The number of aromatic nitrogens is 2. The highest BCUT2D eigenvalue weighted by atomic mass is 35.5. The van der Waals surface area contributed by atoms with Crippen LogP contribution in [-0.2, 0) is 16.9 Å². The van der Waals surface area contributed by atoms with Crippen molar-refractivity contribution in [3.63, 3.8) is 0 Å². The summed E-state index contributed by atoms with van der Waals surface area (Å²) in [5.74, 6) is -0.375. The summed E-state index contributed by atoms with van der Waals surface area (Å²) in [5.41, 5.74) is 6.59. The molecule has 0 spiro atoms. The Balaban J connectivity index is 1.95. The lowest BCUT2D eigenvalue weighted by molar-refractivity contribution is -0.129. The van der Waals surface area contributed by atoms with Crippen LogP contribution in [-0.4, -0.2) is 27.3 Å². The second-order valence-electron chi connectivity index (χ2n) is 5.47. The van der Waals surface area contributed by atoms with Crippen molar-refractivity contribution in [2.75, 3.05) is 6.54 Å². The molecule has 1 fully saturated rings. The van der Waals surface area contributed by atoms with Crippen LogP contribution in [0.25, 0.3) is 0 Å². The van der Waals surface area contributed by atoms with Crippen LogP contribution in [0.15, 0.2) is 42.9 Å². The molecular weight excluding hydrogens is 300 g/mol. The van der Waals surface area contributed by atoms with Crippen molar-refractivity contribution < 1.29 is 4.79 Å². The summed E-state index contributed by atoms with van der Waals surface area (Å²) in [5, 5.41) is 0.695. The van der Waals surface area contributed by atoms with Gasteiger partial charge in [0.15, 0.2) is 0 Å². The van der Waals surface area contributed by atoms with Crippen molar-refractivity contribution in [3.8, 4) is 0 Å². The Morgan fingerprint density at radius 3 is 2.73 bits per heavy atom. The summed E-state index contributed by atoms with van der Waals surface area (Å²) in [6.45, 7) is 1.42. The van der Waals surface area contributed by atoms with Crippen LogP contribution in [0.5, 0.6) is 0 Å². The molecule has 1 aliphatic heterocycles. The van der Waals surface area contributed by atoms with Gasteiger partial charge in [-0.3, -0.25) is 19.7 Å². The Morgan fingerprint density at radius 1 is 1.32 bits per heavy atom. The zero-order chi connectivity index (χ0) is 15.6. The molecule has 0 unspecified atom stereocenters. The minimum absolute atomic E-state index is 0.375. The van der Waals surface area contributed by atoms with E-state index in [0.29, 0.717) is 23.7 Å². The van der Waals surface area contributed by atoms with Gasteiger partial charge >= 0.3 is 0 Å². The van der Waals surface area contributed by atoms with Gasteiger partial charge in [0, 0.05) is 24.0 Å². The smallest absolute Gasteiger partial charge is 0.244 e. The number of primary amides is 1. The van der Waals surface area contributed by atoms with Crippen molar-refractivity contribution in [2.24, 2.45) is 5.73 Å². The van der Waals surface area contributed by atoms with Crippen LogP contribution >= 0.6 is 11.6 Å². The predicted molar refractivity (Wildman–Crippen MR) is 84.0 cm³/mol. The molecule has 1 atom stereocenters. The Labute approximate surface area is 134 Å². The van der Waals surface area contributed by atoms with Gasteiger partial charge in [0.25, 0.3) is 0 Å². The van der Waals surface area contributed by atoms with Crippen LogP contribution < -0.4 is 5.73 Å². The first-order valence-electron chi connectivity index (χ1n) is 7.19. The fraction of sp³-hybridized carbons (Fsp3) is 0.312. The molecule has 22 heavy (non-hydrogen) atoms. The number of amides is 1. The Morgan fingerprint density at radius 2 is 2.09 bits per heavy atom. The van der Waals surface area contributed by atoms with E-state index in [2.05, 4.69) is 14.9 Å². The largest absolute Gasteiger partial charge is 0.368 e. The lowest BCUT2D eigenvalue weighted by Gasteiger charge is -2.35. The highest BCUT2D eigenvalue weighted by molar-refractivity contribution is 6.30. The summed E-state index contributed by atoms with van der Waals surface area (Å²) in [6.07, 6.45) is 6.38. The zero-order valence-electron chi connectivity index (χ0n) is 12.1. The summed E-state index contributed by atoms with van der Waals surface area (Å²) in [6, 6.07) is 7.62. The van der Waals surface area contributed by atoms with Crippen molar-refractivity contribution >= 4 is 17.5 Å². The van der Waals surface area contributed by atoms with Crippen LogP contribution in [0, 0.1) is 0 Å². The molecule has 1 aliphatic rings. The van der Waals surface area contributed by atoms with E-state index < -0.39 is 5.54 Å². The van der Waals surface area contributed by atoms with Crippen molar-refractivity contribution in [3.05, 3.63) is 59.1 Å². The molecule has 6 heteroatoms. The molecule has 114 valence electrons. The Kier molecular flexibility index (Phi) is 4.09. The number of nitrogens with zero attached hydrogens (tertiary/aromatic N) is 3. The van der Waals surface area contributed by atoms with E-state index in [1.165, 1.54) is 0 Å². The van der Waals surface area contributed by atoms with E-state index >= 15 is 0 Å². The summed E-state index contributed by atoms with van der Waals surface area (Å²) in [4.78, 5) is 22.8. The van der Waals surface area contributed by atoms with Gasteiger partial charge in [-0.1, -0.05) is 23.7 Å². The monoisotopic (exact) mass is 316 g/mol. The van der Waals surface area contributed by atoms with E-state index in [1.54, 1.807) is 18.6 Å². The maximum absolute atomic E-state index is 12.3. The number of nitrogens with two attached hydrogens (primary N) is 1. The van der Waals surface area contributed by atoms with Crippen molar-refractivity contribution in [1.82, 2.24) is 14.9 Å². The Bertz CT molecular complexity index is 662. The van der Waals surface area contributed by atoms with Gasteiger partial charge in [0.05, 0.1) is 11.9 Å². The van der Waals surface area contributed by atoms with Gasteiger partial charge < -0.3 is 5.73 Å². The van der Waals surface area contributed by atoms with Crippen LogP contribution in [0.2, 0.25) is 5.02 Å². The van der Waals surface area contributed by atoms with E-state index in [4.69, 9.17) is 17.3 Å². The standard InChI is InChI=1S/C16H17ClN4O/c17-13-4-2-12(3-5-13)11-21-9-1-6-16(21,15(18)22)14-10-19-7-8-20-14/h2-5,7-8,10H,1,6,9,11H2,(H2,18,22)/t16-/m0/s1. The first kappa shape index (κ1) is 14.9. The van der Waals surface area contributed by atoms with Gasteiger partial charge in [0.1, 0.15) is 5.54 Å². The van der Waals surface area contributed by atoms with Gasteiger partial charge in [-0.15, -0.1) is 0 Å². The molecule has 0 aliphatic carbocycles. The average Bonchev–Trinajstić information content (AvgIpc) is 2.95. The summed E-state index contributed by atoms with van der Waals surface area (Å²) >= 11 is 5.92. The molecule has 1 aromatic heterocycles. The van der Waals surface area contributed by atoms with E-state index in [0.717, 1.165) is 18.5 Å². The zero-order valence-corrected chi connectivity index (χ0v) is 12.8. The highest BCUT2D eigenvalue weighted by Crippen LogP contribution is 2.38. The molecule has 2 N–H and O–H groups in total. The van der Waals surface area contributed by atoms with Crippen molar-refractivity contribution in [2.45, 2.75) is 24.9 Å². The fourth-order valence-electron chi connectivity index (χ4n) is 3.11. The maximum Gasteiger partial charge on any atom is 0.244 e. The van der Waals surface area contributed by atoms with E-state index in [1.807, 2.05) is 24.3 Å². The molecule has 1 saturated heterocycles. The summed E-state index contributed by atoms with van der Waals surface area (Å²) < 4.78 is 0. The van der Waals surface area contributed by atoms with Gasteiger partial charge in [-0.05, 0) is 37.1 Å². The lowest BCUT2D eigenvalue weighted by Crippen LogP contribution is -2.51. The first-order chi connectivity index (χ1) is 10.6. The highest BCUT2D eigenvalue weighted by Gasteiger charge is 2.48. The molecule has 3 rings (SSSR count). The van der Waals surface area contributed by atoms with Crippen LogP contribution in [0.1, 0.15) is 24.1 Å².